The van der Waals surface area contributed by atoms with Crippen molar-refractivity contribution < 1.29 is 5.11 Å². The molecule has 0 saturated heterocycles. The van der Waals surface area contributed by atoms with Gasteiger partial charge in [-0.15, -0.1) is 0 Å². The van der Waals surface area contributed by atoms with E-state index >= 15 is 0 Å². The number of anilines is 2. The van der Waals surface area contributed by atoms with Crippen molar-refractivity contribution in [3.05, 3.63) is 11.9 Å². The number of nitrogens with one attached hydrogen (secondary N) is 2. The Morgan fingerprint density at radius 1 is 1.33 bits per heavy atom. The van der Waals surface area contributed by atoms with Gasteiger partial charge in [0, 0.05) is 26.1 Å². The van der Waals surface area contributed by atoms with Crippen molar-refractivity contribution in [1.29, 1.82) is 0 Å². The number of aliphatic hydroxyl groups excluding tert-OH is 1. The van der Waals surface area contributed by atoms with Crippen LogP contribution in [0, 0.1) is 5.92 Å². The molecule has 1 fully saturated rings. The molecule has 2 unspecified atom stereocenters. The first-order valence-electron chi connectivity index (χ1n) is 6.69. The minimum Gasteiger partial charge on any atom is -0.393 e. The average Bonchev–Trinajstić information content (AvgIpc) is 2.81. The van der Waals surface area contributed by atoms with Crippen molar-refractivity contribution in [1.82, 2.24) is 9.97 Å². The third-order valence-corrected chi connectivity index (χ3v) is 3.43. The fourth-order valence-electron chi connectivity index (χ4n) is 2.36. The highest BCUT2D eigenvalue weighted by Crippen LogP contribution is 2.25. The number of aryl methyl sites for hydroxylation is 1. The summed E-state index contributed by atoms with van der Waals surface area (Å²) in [6.07, 6.45) is 3.64. The molecule has 5 nitrogen and oxygen atoms in total. The molecule has 18 heavy (non-hydrogen) atoms. The molecular weight excluding hydrogens is 228 g/mol. The lowest BCUT2D eigenvalue weighted by Crippen LogP contribution is -2.14. The lowest BCUT2D eigenvalue weighted by molar-refractivity contribution is 0.178. The van der Waals surface area contributed by atoms with Gasteiger partial charge >= 0.3 is 0 Å². The molecule has 5 heteroatoms. The van der Waals surface area contributed by atoms with Crippen LogP contribution < -0.4 is 10.6 Å². The second-order valence-electron chi connectivity index (χ2n) is 4.87. The van der Waals surface area contributed by atoms with Gasteiger partial charge in [0.2, 0.25) is 0 Å². The maximum Gasteiger partial charge on any atom is 0.132 e. The van der Waals surface area contributed by atoms with Crippen molar-refractivity contribution in [2.24, 2.45) is 5.92 Å². The molecule has 0 amide bonds. The molecular formula is C13H22N4O. The van der Waals surface area contributed by atoms with Gasteiger partial charge in [-0.25, -0.2) is 9.97 Å². The van der Waals surface area contributed by atoms with Crippen LogP contribution in [0.4, 0.5) is 11.6 Å². The third kappa shape index (κ3) is 3.32. The monoisotopic (exact) mass is 250 g/mol. The van der Waals surface area contributed by atoms with Gasteiger partial charge in [0.05, 0.1) is 6.10 Å². The first-order valence-corrected chi connectivity index (χ1v) is 6.69. The smallest absolute Gasteiger partial charge is 0.132 e. The Morgan fingerprint density at radius 2 is 2.11 bits per heavy atom. The minimum absolute atomic E-state index is 0.110. The van der Waals surface area contributed by atoms with Gasteiger partial charge < -0.3 is 15.7 Å². The fraction of sp³-hybridized carbons (Fsp3) is 0.692. The van der Waals surface area contributed by atoms with Crippen LogP contribution in [0.1, 0.15) is 32.0 Å². The van der Waals surface area contributed by atoms with E-state index in [4.69, 9.17) is 0 Å². The SMILES string of the molecule is CCc1nc(NC)cc(NCC2CCC(O)C2)n1. The number of rotatable bonds is 5. The Labute approximate surface area is 108 Å². The van der Waals surface area contributed by atoms with Crippen LogP contribution in [0.2, 0.25) is 0 Å². The number of nitrogens with zero attached hydrogens (tertiary/aromatic N) is 2. The molecule has 0 bridgehead atoms. The number of hydrogen-bond acceptors (Lipinski definition) is 5. The zero-order valence-electron chi connectivity index (χ0n) is 11.1. The van der Waals surface area contributed by atoms with E-state index in [-0.39, 0.29) is 6.10 Å². The van der Waals surface area contributed by atoms with Crippen molar-refractivity contribution in [3.63, 3.8) is 0 Å². The first-order chi connectivity index (χ1) is 8.71. The number of hydrogen-bond donors (Lipinski definition) is 3. The van der Waals surface area contributed by atoms with Crippen LogP contribution in [0.5, 0.6) is 0 Å². The lowest BCUT2D eigenvalue weighted by atomic mass is 10.1. The zero-order valence-corrected chi connectivity index (χ0v) is 11.1. The van der Waals surface area contributed by atoms with Gasteiger partial charge in [-0.2, -0.15) is 0 Å². The predicted octanol–water partition coefficient (Wildman–Crippen LogP) is 1.65. The molecule has 1 aliphatic rings. The van der Waals surface area contributed by atoms with Crippen LogP contribution in [-0.2, 0) is 6.42 Å². The Morgan fingerprint density at radius 3 is 2.72 bits per heavy atom. The van der Waals surface area contributed by atoms with E-state index in [1.807, 2.05) is 20.0 Å². The zero-order chi connectivity index (χ0) is 13.0. The topological polar surface area (TPSA) is 70.1 Å². The highest BCUT2D eigenvalue weighted by molar-refractivity contribution is 5.47. The summed E-state index contributed by atoms with van der Waals surface area (Å²) >= 11 is 0. The summed E-state index contributed by atoms with van der Waals surface area (Å²) in [5.74, 6) is 3.11. The maximum absolute atomic E-state index is 9.50. The second kappa shape index (κ2) is 6.00. The standard InChI is InChI=1S/C13H22N4O/c1-3-11-16-12(14-2)7-13(17-11)15-8-9-4-5-10(18)6-9/h7,9-10,18H,3-6,8H2,1-2H3,(H2,14,15,16,17). The maximum atomic E-state index is 9.50. The summed E-state index contributed by atoms with van der Waals surface area (Å²) in [5, 5.41) is 15.9. The van der Waals surface area contributed by atoms with E-state index in [2.05, 4.69) is 20.6 Å². The van der Waals surface area contributed by atoms with Crippen LogP contribution in [0.15, 0.2) is 6.07 Å². The van der Waals surface area contributed by atoms with Gasteiger partial charge in [0.1, 0.15) is 17.5 Å². The van der Waals surface area contributed by atoms with Crippen molar-refractivity contribution >= 4 is 11.6 Å². The van der Waals surface area contributed by atoms with Crippen LogP contribution in [-0.4, -0.2) is 34.8 Å². The molecule has 0 aromatic carbocycles. The summed E-state index contributed by atoms with van der Waals surface area (Å²) in [6.45, 7) is 2.92. The van der Waals surface area contributed by atoms with Crippen LogP contribution in [0.3, 0.4) is 0 Å². The van der Waals surface area contributed by atoms with Crippen molar-refractivity contribution in [3.8, 4) is 0 Å². The molecule has 1 aromatic rings. The Bertz CT molecular complexity index is 374. The quantitative estimate of drug-likeness (QED) is 0.741. The summed E-state index contributed by atoms with van der Waals surface area (Å²) in [7, 11) is 1.86. The molecule has 1 aliphatic carbocycles. The molecule has 2 atom stereocenters. The number of aromatic nitrogens is 2. The third-order valence-electron chi connectivity index (χ3n) is 3.43. The van der Waals surface area contributed by atoms with Gasteiger partial charge in [0.25, 0.3) is 0 Å². The average molecular weight is 250 g/mol. The highest BCUT2D eigenvalue weighted by Gasteiger charge is 2.22. The molecule has 1 heterocycles. The number of aliphatic hydroxyl groups is 1. The van der Waals surface area contributed by atoms with E-state index in [0.29, 0.717) is 5.92 Å². The van der Waals surface area contributed by atoms with E-state index in [1.54, 1.807) is 0 Å². The Hall–Kier alpha value is -1.36. The van der Waals surface area contributed by atoms with Crippen LogP contribution in [0.25, 0.3) is 0 Å². The van der Waals surface area contributed by atoms with Gasteiger partial charge in [-0.1, -0.05) is 6.92 Å². The largest absolute Gasteiger partial charge is 0.393 e. The summed E-state index contributed by atoms with van der Waals surface area (Å²) in [6, 6.07) is 1.92. The fourth-order valence-corrected chi connectivity index (χ4v) is 2.36. The van der Waals surface area contributed by atoms with Crippen LogP contribution >= 0.6 is 0 Å². The summed E-state index contributed by atoms with van der Waals surface area (Å²) in [4.78, 5) is 8.82. The molecule has 3 N–H and O–H groups in total. The molecule has 100 valence electrons. The van der Waals surface area contributed by atoms with E-state index in [0.717, 1.165) is 49.7 Å². The molecule has 0 aliphatic heterocycles. The second-order valence-corrected chi connectivity index (χ2v) is 4.87. The van der Waals surface area contributed by atoms with E-state index < -0.39 is 0 Å². The van der Waals surface area contributed by atoms with Crippen molar-refractivity contribution in [2.75, 3.05) is 24.2 Å². The lowest BCUT2D eigenvalue weighted by Gasteiger charge is -2.13. The molecule has 0 spiro atoms. The minimum atomic E-state index is -0.110. The van der Waals surface area contributed by atoms with Gasteiger partial charge in [-0.05, 0) is 25.2 Å². The Balaban J connectivity index is 1.95. The molecule has 0 radical (unpaired) electrons. The Kier molecular flexibility index (Phi) is 4.36. The van der Waals surface area contributed by atoms with E-state index in [9.17, 15) is 5.11 Å². The molecule has 2 rings (SSSR count). The molecule has 1 aromatic heterocycles. The predicted molar refractivity (Wildman–Crippen MR) is 72.8 cm³/mol. The molecule has 1 saturated carbocycles. The van der Waals surface area contributed by atoms with Gasteiger partial charge in [-0.3, -0.25) is 0 Å². The normalized spacial score (nSPS) is 23.1. The van der Waals surface area contributed by atoms with Gasteiger partial charge in [0.15, 0.2) is 0 Å². The summed E-state index contributed by atoms with van der Waals surface area (Å²) in [5.41, 5.74) is 0. The summed E-state index contributed by atoms with van der Waals surface area (Å²) < 4.78 is 0. The van der Waals surface area contributed by atoms with E-state index in [1.165, 1.54) is 0 Å². The highest BCUT2D eigenvalue weighted by atomic mass is 16.3. The van der Waals surface area contributed by atoms with Crippen molar-refractivity contribution in [2.45, 2.75) is 38.7 Å². The first kappa shape index (κ1) is 13.1.